The van der Waals surface area contributed by atoms with Gasteiger partial charge in [0.2, 0.25) is 0 Å². The van der Waals surface area contributed by atoms with Crippen LogP contribution in [0.3, 0.4) is 0 Å². The lowest BCUT2D eigenvalue weighted by Gasteiger charge is -2.04. The largest absolute Gasteiger partial charge is 0.271 e. The Balaban J connectivity index is 1.95. The van der Waals surface area contributed by atoms with Crippen molar-refractivity contribution in [2.45, 2.75) is 19.8 Å². The quantitative estimate of drug-likeness (QED) is 0.684. The van der Waals surface area contributed by atoms with Crippen molar-refractivity contribution in [1.29, 1.82) is 0 Å². The number of hydrogen-bond acceptors (Lipinski definition) is 3. The van der Waals surface area contributed by atoms with Crippen molar-refractivity contribution in [3.63, 3.8) is 0 Å². The second-order valence-corrected chi connectivity index (χ2v) is 4.76. The van der Waals surface area contributed by atoms with E-state index in [2.05, 4.69) is 41.5 Å². The highest BCUT2D eigenvalue weighted by atomic mass is 16.2. The van der Waals surface area contributed by atoms with Gasteiger partial charge in [0.1, 0.15) is 0 Å². The van der Waals surface area contributed by atoms with Gasteiger partial charge < -0.3 is 0 Å². The highest BCUT2D eigenvalue weighted by molar-refractivity contribution is 5.94. The molecule has 1 aromatic carbocycles. The van der Waals surface area contributed by atoms with Crippen LogP contribution in [0.25, 0.3) is 0 Å². The summed E-state index contributed by atoms with van der Waals surface area (Å²) >= 11 is 0. The van der Waals surface area contributed by atoms with E-state index >= 15 is 0 Å². The molecule has 0 aliphatic rings. The third-order valence-corrected chi connectivity index (χ3v) is 2.93. The third kappa shape index (κ3) is 3.75. The molecule has 1 aromatic heterocycles. The van der Waals surface area contributed by atoms with E-state index < -0.39 is 0 Å². The van der Waals surface area contributed by atoms with E-state index in [4.69, 9.17) is 0 Å². The highest BCUT2D eigenvalue weighted by Crippen LogP contribution is 2.13. The summed E-state index contributed by atoms with van der Waals surface area (Å²) in [4.78, 5) is 15.6. The molecule has 2 aromatic rings. The van der Waals surface area contributed by atoms with Gasteiger partial charge in [0, 0.05) is 18.0 Å². The van der Waals surface area contributed by atoms with E-state index in [0.29, 0.717) is 11.5 Å². The molecule has 0 atom stereocenters. The smallest absolute Gasteiger partial charge is 0.267 e. The Morgan fingerprint density at radius 1 is 1.15 bits per heavy atom. The van der Waals surface area contributed by atoms with Gasteiger partial charge in [-0.05, 0) is 29.2 Å². The van der Waals surface area contributed by atoms with Crippen LogP contribution in [0.15, 0.2) is 53.9 Å². The van der Waals surface area contributed by atoms with Gasteiger partial charge in [-0.15, -0.1) is 0 Å². The average molecular weight is 267 g/mol. The first kappa shape index (κ1) is 13.9. The Bertz CT molecular complexity index is 589. The lowest BCUT2D eigenvalue weighted by atomic mass is 10.0. The summed E-state index contributed by atoms with van der Waals surface area (Å²) < 4.78 is 0. The van der Waals surface area contributed by atoms with Gasteiger partial charge in [-0.1, -0.05) is 38.1 Å². The molecule has 0 saturated heterocycles. The van der Waals surface area contributed by atoms with Crippen LogP contribution in [0, 0.1) is 0 Å². The fourth-order valence-corrected chi connectivity index (χ4v) is 1.70. The van der Waals surface area contributed by atoms with Gasteiger partial charge >= 0.3 is 0 Å². The van der Waals surface area contributed by atoms with Crippen LogP contribution in [0.2, 0.25) is 0 Å². The summed E-state index contributed by atoms with van der Waals surface area (Å²) in [5.41, 5.74) is 5.25. The molecule has 4 heteroatoms. The molecule has 1 heterocycles. The predicted octanol–water partition coefficient (Wildman–Crippen LogP) is 2.97. The summed E-state index contributed by atoms with van der Waals surface area (Å²) in [6.07, 6.45) is 4.77. The maximum atomic E-state index is 11.7. The van der Waals surface area contributed by atoms with Crippen LogP contribution >= 0.6 is 0 Å². The van der Waals surface area contributed by atoms with Crippen molar-refractivity contribution in [1.82, 2.24) is 10.4 Å². The van der Waals surface area contributed by atoms with E-state index in [1.54, 1.807) is 30.7 Å². The molecule has 0 aliphatic carbocycles. The highest BCUT2D eigenvalue weighted by Gasteiger charge is 2.02. The maximum Gasteiger partial charge on any atom is 0.271 e. The van der Waals surface area contributed by atoms with Gasteiger partial charge in [-0.2, -0.15) is 5.10 Å². The molecular formula is C16H17N3O. The van der Waals surface area contributed by atoms with Crippen molar-refractivity contribution in [3.8, 4) is 0 Å². The number of nitrogens with one attached hydrogen (secondary N) is 1. The average Bonchev–Trinajstić information content (AvgIpc) is 2.48. The zero-order valence-electron chi connectivity index (χ0n) is 11.6. The number of nitrogens with zero attached hydrogens (tertiary/aromatic N) is 2. The molecular weight excluding hydrogens is 250 g/mol. The summed E-state index contributed by atoms with van der Waals surface area (Å²) in [7, 11) is 0. The maximum absolute atomic E-state index is 11.7. The molecule has 102 valence electrons. The number of amides is 1. The van der Waals surface area contributed by atoms with E-state index in [1.165, 1.54) is 5.56 Å². The van der Waals surface area contributed by atoms with E-state index in [9.17, 15) is 4.79 Å². The van der Waals surface area contributed by atoms with Crippen LogP contribution in [0.4, 0.5) is 0 Å². The van der Waals surface area contributed by atoms with Crippen molar-refractivity contribution >= 4 is 12.1 Å². The molecule has 2 rings (SSSR count). The van der Waals surface area contributed by atoms with Gasteiger partial charge in [0.15, 0.2) is 0 Å². The second-order valence-electron chi connectivity index (χ2n) is 4.76. The fraction of sp³-hybridized carbons (Fsp3) is 0.188. The Kier molecular flexibility index (Phi) is 4.60. The monoisotopic (exact) mass is 267 g/mol. The van der Waals surface area contributed by atoms with Gasteiger partial charge in [0.25, 0.3) is 5.91 Å². The van der Waals surface area contributed by atoms with E-state index in [1.807, 2.05) is 12.1 Å². The standard InChI is InChI=1S/C16H17N3O/c1-12(2)14-5-3-13(4-6-14)11-18-19-16(20)15-7-9-17-10-8-15/h3-12H,1-2H3,(H,19,20)/b18-11+. The Hall–Kier alpha value is -2.49. The summed E-state index contributed by atoms with van der Waals surface area (Å²) in [6.45, 7) is 4.30. The fourth-order valence-electron chi connectivity index (χ4n) is 1.70. The predicted molar refractivity (Wildman–Crippen MR) is 79.8 cm³/mol. The lowest BCUT2D eigenvalue weighted by molar-refractivity contribution is 0.0955. The second kappa shape index (κ2) is 6.61. The van der Waals surface area contributed by atoms with Crippen molar-refractivity contribution in [2.75, 3.05) is 0 Å². The number of carbonyl (C=O) groups is 1. The third-order valence-electron chi connectivity index (χ3n) is 2.93. The minimum Gasteiger partial charge on any atom is -0.267 e. The Labute approximate surface area is 118 Å². The molecule has 4 nitrogen and oxygen atoms in total. The number of rotatable bonds is 4. The SMILES string of the molecule is CC(C)c1ccc(/C=N/NC(=O)c2ccncc2)cc1. The van der Waals surface area contributed by atoms with E-state index in [0.717, 1.165) is 5.56 Å². The molecule has 0 fully saturated rings. The molecule has 0 unspecified atom stereocenters. The molecule has 0 aliphatic heterocycles. The lowest BCUT2D eigenvalue weighted by Crippen LogP contribution is -2.17. The number of pyridine rings is 1. The van der Waals surface area contributed by atoms with Crippen LogP contribution < -0.4 is 5.43 Å². The zero-order chi connectivity index (χ0) is 14.4. The van der Waals surface area contributed by atoms with Crippen molar-refractivity contribution < 1.29 is 4.79 Å². The first-order chi connectivity index (χ1) is 9.66. The molecule has 1 N–H and O–H groups in total. The minimum atomic E-state index is -0.248. The molecule has 0 spiro atoms. The summed E-state index contributed by atoms with van der Waals surface area (Å²) in [5, 5.41) is 3.95. The van der Waals surface area contributed by atoms with Crippen LogP contribution in [-0.4, -0.2) is 17.1 Å². The van der Waals surface area contributed by atoms with Gasteiger partial charge in [-0.25, -0.2) is 5.43 Å². The van der Waals surface area contributed by atoms with Gasteiger partial charge in [-0.3, -0.25) is 9.78 Å². The number of hydrazone groups is 1. The van der Waals surface area contributed by atoms with E-state index in [-0.39, 0.29) is 5.91 Å². The number of carbonyl (C=O) groups excluding carboxylic acids is 1. The van der Waals surface area contributed by atoms with Gasteiger partial charge in [0.05, 0.1) is 6.21 Å². The molecule has 0 bridgehead atoms. The molecule has 0 saturated carbocycles. The minimum absolute atomic E-state index is 0.248. The normalized spacial score (nSPS) is 10.9. The first-order valence-electron chi connectivity index (χ1n) is 6.50. The molecule has 20 heavy (non-hydrogen) atoms. The van der Waals surface area contributed by atoms with Crippen LogP contribution in [0.5, 0.6) is 0 Å². The number of benzene rings is 1. The first-order valence-corrected chi connectivity index (χ1v) is 6.50. The summed E-state index contributed by atoms with van der Waals surface area (Å²) in [6, 6.07) is 11.4. The van der Waals surface area contributed by atoms with Crippen molar-refractivity contribution in [3.05, 3.63) is 65.5 Å². The van der Waals surface area contributed by atoms with Crippen molar-refractivity contribution in [2.24, 2.45) is 5.10 Å². The summed E-state index contributed by atoms with van der Waals surface area (Å²) in [5.74, 6) is 0.259. The van der Waals surface area contributed by atoms with Crippen LogP contribution in [0.1, 0.15) is 41.3 Å². The Morgan fingerprint density at radius 2 is 1.80 bits per heavy atom. The topological polar surface area (TPSA) is 54.4 Å². The molecule has 0 radical (unpaired) electrons. The van der Waals surface area contributed by atoms with Crippen LogP contribution in [-0.2, 0) is 0 Å². The Morgan fingerprint density at radius 3 is 2.40 bits per heavy atom. The molecule has 1 amide bonds. The zero-order valence-corrected chi connectivity index (χ0v) is 11.6. The number of hydrogen-bond donors (Lipinski definition) is 1. The number of aromatic nitrogens is 1.